The van der Waals surface area contributed by atoms with E-state index in [1.54, 1.807) is 19.1 Å². The van der Waals surface area contributed by atoms with Crippen molar-refractivity contribution in [3.63, 3.8) is 0 Å². The Morgan fingerprint density at radius 3 is 2.30 bits per heavy atom. The first kappa shape index (κ1) is 15.3. The normalized spacial score (nSPS) is 16.9. The number of hydrogen-bond donors (Lipinski definition) is 2. The van der Waals surface area contributed by atoms with E-state index in [1.807, 2.05) is 12.1 Å². The summed E-state index contributed by atoms with van der Waals surface area (Å²) in [6.07, 6.45) is 5.11. The van der Waals surface area contributed by atoms with Crippen LogP contribution in [-0.4, -0.2) is 21.5 Å². The summed E-state index contributed by atoms with van der Waals surface area (Å²) in [6, 6.07) is 6.98. The fraction of sp³-hybridized carbons (Fsp3) is 0.600. The van der Waals surface area contributed by atoms with Gasteiger partial charge in [0.1, 0.15) is 0 Å². The first-order valence-electron chi connectivity index (χ1n) is 7.35. The number of anilines is 1. The van der Waals surface area contributed by atoms with Crippen LogP contribution in [-0.2, 0) is 10.0 Å². The lowest BCUT2D eigenvalue weighted by molar-refractivity contribution is 0.485. The zero-order valence-electron chi connectivity index (χ0n) is 12.3. The van der Waals surface area contributed by atoms with Gasteiger partial charge in [-0.2, -0.15) is 0 Å². The smallest absolute Gasteiger partial charge is 0.240 e. The fourth-order valence-corrected chi connectivity index (χ4v) is 3.58. The minimum atomic E-state index is -3.34. The van der Waals surface area contributed by atoms with Crippen LogP contribution < -0.4 is 10.0 Å². The molecule has 0 aromatic heterocycles. The third-order valence-electron chi connectivity index (χ3n) is 3.90. The molecule has 5 heteroatoms. The summed E-state index contributed by atoms with van der Waals surface area (Å²) in [6.45, 7) is 5.39. The summed E-state index contributed by atoms with van der Waals surface area (Å²) in [5.74, 6) is 0. The van der Waals surface area contributed by atoms with E-state index in [4.69, 9.17) is 0 Å². The molecule has 2 N–H and O–H groups in total. The molecule has 0 unspecified atom stereocenters. The highest BCUT2D eigenvalue weighted by atomic mass is 32.2. The summed E-state index contributed by atoms with van der Waals surface area (Å²) in [5.41, 5.74) is 1.48. The first-order chi connectivity index (χ1) is 9.51. The second kappa shape index (κ2) is 6.14. The highest BCUT2D eigenvalue weighted by Crippen LogP contribution is 2.49. The zero-order chi connectivity index (χ0) is 14.6. The Bertz CT molecular complexity index is 533. The average Bonchev–Trinajstić information content (AvgIpc) is 3.18. The highest BCUT2D eigenvalue weighted by Gasteiger charge is 2.40. The lowest BCUT2D eigenvalue weighted by Gasteiger charge is -2.16. The van der Waals surface area contributed by atoms with Gasteiger partial charge in [-0.1, -0.05) is 20.3 Å². The van der Waals surface area contributed by atoms with Crippen molar-refractivity contribution < 1.29 is 8.42 Å². The van der Waals surface area contributed by atoms with Crippen LogP contribution in [0.1, 0.15) is 39.5 Å². The molecule has 0 spiro atoms. The second-order valence-electron chi connectivity index (χ2n) is 5.63. The van der Waals surface area contributed by atoms with Crippen LogP contribution in [0.2, 0.25) is 0 Å². The molecular formula is C15H24N2O2S. The maximum absolute atomic E-state index is 11.8. The van der Waals surface area contributed by atoms with E-state index in [1.165, 1.54) is 25.7 Å². The van der Waals surface area contributed by atoms with Crippen molar-refractivity contribution in [3.8, 4) is 0 Å². The third kappa shape index (κ3) is 3.73. The van der Waals surface area contributed by atoms with Crippen molar-refractivity contribution in [1.29, 1.82) is 0 Å². The van der Waals surface area contributed by atoms with Gasteiger partial charge in [-0.3, -0.25) is 0 Å². The minimum Gasteiger partial charge on any atom is -0.384 e. The summed E-state index contributed by atoms with van der Waals surface area (Å²) in [7, 11) is -3.34. The van der Waals surface area contributed by atoms with Gasteiger partial charge in [0.15, 0.2) is 0 Å². The van der Waals surface area contributed by atoms with E-state index in [2.05, 4.69) is 17.0 Å². The number of hydrogen-bond acceptors (Lipinski definition) is 3. The van der Waals surface area contributed by atoms with Crippen LogP contribution in [0.4, 0.5) is 5.69 Å². The predicted molar refractivity (Wildman–Crippen MR) is 82.4 cm³/mol. The van der Waals surface area contributed by atoms with E-state index < -0.39 is 10.0 Å². The van der Waals surface area contributed by atoms with Crippen molar-refractivity contribution in [2.75, 3.05) is 18.4 Å². The number of nitrogens with one attached hydrogen (secondary N) is 2. The monoisotopic (exact) mass is 296 g/mol. The molecular weight excluding hydrogens is 272 g/mol. The summed E-state index contributed by atoms with van der Waals surface area (Å²) in [4.78, 5) is 0.319. The zero-order valence-corrected chi connectivity index (χ0v) is 13.1. The molecule has 4 nitrogen and oxygen atoms in total. The van der Waals surface area contributed by atoms with E-state index in [9.17, 15) is 8.42 Å². The van der Waals surface area contributed by atoms with E-state index >= 15 is 0 Å². The Labute approximate surface area is 122 Å². The van der Waals surface area contributed by atoms with Crippen LogP contribution >= 0.6 is 0 Å². The Hall–Kier alpha value is -1.07. The van der Waals surface area contributed by atoms with Gasteiger partial charge in [-0.05, 0) is 48.9 Å². The van der Waals surface area contributed by atoms with Crippen LogP contribution in [0.5, 0.6) is 0 Å². The maximum Gasteiger partial charge on any atom is 0.240 e. The lowest BCUT2D eigenvalue weighted by atomic mass is 10.0. The van der Waals surface area contributed by atoms with Crippen molar-refractivity contribution in [3.05, 3.63) is 24.3 Å². The van der Waals surface area contributed by atoms with E-state index in [0.29, 0.717) is 16.9 Å². The third-order valence-corrected chi connectivity index (χ3v) is 5.47. The van der Waals surface area contributed by atoms with Crippen LogP contribution in [0.15, 0.2) is 29.2 Å². The molecule has 1 aliphatic carbocycles. The molecule has 0 saturated heterocycles. The van der Waals surface area contributed by atoms with Gasteiger partial charge < -0.3 is 5.32 Å². The number of sulfonamides is 1. The first-order valence-corrected chi connectivity index (χ1v) is 8.83. The fourth-order valence-electron chi connectivity index (χ4n) is 2.54. The molecule has 0 radical (unpaired) electrons. The molecule has 1 fully saturated rings. The largest absolute Gasteiger partial charge is 0.384 e. The van der Waals surface area contributed by atoms with Gasteiger partial charge in [-0.15, -0.1) is 0 Å². The Morgan fingerprint density at radius 1 is 1.15 bits per heavy atom. The van der Waals surface area contributed by atoms with Crippen molar-refractivity contribution >= 4 is 15.7 Å². The van der Waals surface area contributed by atoms with Crippen LogP contribution in [0, 0.1) is 5.41 Å². The summed E-state index contributed by atoms with van der Waals surface area (Å²) >= 11 is 0. The van der Waals surface area contributed by atoms with Crippen LogP contribution in [0.3, 0.4) is 0 Å². The SMILES string of the molecule is CCCC1(CNc2ccc(S(=O)(=O)NCC)cc2)CC1. The average molecular weight is 296 g/mol. The second-order valence-corrected chi connectivity index (χ2v) is 7.40. The Kier molecular flexibility index (Phi) is 4.70. The van der Waals surface area contributed by atoms with E-state index in [0.717, 1.165) is 12.2 Å². The molecule has 1 aliphatic rings. The topological polar surface area (TPSA) is 58.2 Å². The lowest BCUT2D eigenvalue weighted by Crippen LogP contribution is -2.23. The molecule has 0 aliphatic heterocycles. The molecule has 1 aromatic carbocycles. The van der Waals surface area contributed by atoms with Gasteiger partial charge in [0.25, 0.3) is 0 Å². The van der Waals surface area contributed by atoms with Gasteiger partial charge in [0, 0.05) is 18.8 Å². The van der Waals surface area contributed by atoms with Crippen LogP contribution in [0.25, 0.3) is 0 Å². The van der Waals surface area contributed by atoms with Crippen molar-refractivity contribution in [1.82, 2.24) is 4.72 Å². The molecule has 2 rings (SSSR count). The molecule has 0 amide bonds. The maximum atomic E-state index is 11.8. The molecule has 20 heavy (non-hydrogen) atoms. The predicted octanol–water partition coefficient (Wildman–Crippen LogP) is 2.98. The quantitative estimate of drug-likeness (QED) is 0.775. The molecule has 0 bridgehead atoms. The van der Waals surface area contributed by atoms with Crippen molar-refractivity contribution in [2.45, 2.75) is 44.4 Å². The number of benzene rings is 1. The number of rotatable bonds is 8. The molecule has 0 heterocycles. The Morgan fingerprint density at radius 2 is 1.80 bits per heavy atom. The van der Waals surface area contributed by atoms with Gasteiger partial charge in [0.05, 0.1) is 4.90 Å². The molecule has 112 valence electrons. The van der Waals surface area contributed by atoms with Crippen molar-refractivity contribution in [2.24, 2.45) is 5.41 Å². The molecule has 1 aromatic rings. The Balaban J connectivity index is 1.95. The van der Waals surface area contributed by atoms with Gasteiger partial charge in [0.2, 0.25) is 10.0 Å². The minimum absolute atomic E-state index is 0.319. The molecule has 0 atom stereocenters. The highest BCUT2D eigenvalue weighted by molar-refractivity contribution is 7.89. The summed E-state index contributed by atoms with van der Waals surface area (Å²) in [5, 5.41) is 3.43. The summed E-state index contributed by atoms with van der Waals surface area (Å²) < 4.78 is 26.1. The standard InChI is InChI=1S/C15H24N2O2S/c1-3-9-15(10-11-15)12-16-13-5-7-14(8-6-13)20(18,19)17-4-2/h5-8,16-17H,3-4,9-12H2,1-2H3. The van der Waals surface area contributed by atoms with Gasteiger partial charge in [-0.25, -0.2) is 13.1 Å². The van der Waals surface area contributed by atoms with E-state index in [-0.39, 0.29) is 0 Å². The molecule has 1 saturated carbocycles. The van der Waals surface area contributed by atoms with Gasteiger partial charge >= 0.3 is 0 Å².